The van der Waals surface area contributed by atoms with Crippen LogP contribution in [0.2, 0.25) is 10.0 Å². The first kappa shape index (κ1) is 16.5. The Morgan fingerprint density at radius 3 is 2.45 bits per heavy atom. The molecule has 2 rings (SSSR count). The van der Waals surface area contributed by atoms with Gasteiger partial charge in [0.2, 0.25) is 0 Å². The van der Waals surface area contributed by atoms with Gasteiger partial charge in [0.25, 0.3) is 5.91 Å². The fraction of sp³-hybridized carbons (Fsp3) is 0.267. The van der Waals surface area contributed by atoms with Crippen molar-refractivity contribution in [2.45, 2.75) is 26.3 Å². The van der Waals surface area contributed by atoms with Crippen molar-refractivity contribution < 1.29 is 4.79 Å². The van der Waals surface area contributed by atoms with Crippen LogP contribution in [-0.4, -0.2) is 21.4 Å². The Morgan fingerprint density at radius 2 is 1.86 bits per heavy atom. The average Bonchev–Trinajstić information content (AvgIpc) is 2.43. The maximum atomic E-state index is 12.1. The first-order valence-electron chi connectivity index (χ1n) is 6.62. The minimum absolute atomic E-state index is 0.132. The molecule has 0 spiro atoms. The van der Waals surface area contributed by atoms with E-state index in [1.165, 1.54) is 12.4 Å². The summed E-state index contributed by atoms with van der Waals surface area (Å²) in [5, 5.41) is 6.49. The second kappa shape index (κ2) is 6.50. The number of benzene rings is 1. The molecule has 1 heterocycles. The van der Waals surface area contributed by atoms with E-state index in [4.69, 9.17) is 23.2 Å². The molecule has 0 atom stereocenters. The monoisotopic (exact) mass is 338 g/mol. The molecule has 0 radical (unpaired) electrons. The molecule has 7 heteroatoms. The van der Waals surface area contributed by atoms with Crippen LogP contribution in [0.25, 0.3) is 0 Å². The van der Waals surface area contributed by atoms with E-state index in [1.807, 2.05) is 20.8 Å². The van der Waals surface area contributed by atoms with E-state index in [-0.39, 0.29) is 16.3 Å². The third-order valence-electron chi connectivity index (χ3n) is 2.59. The summed E-state index contributed by atoms with van der Waals surface area (Å²) in [4.78, 5) is 20.4. The van der Waals surface area contributed by atoms with Crippen molar-refractivity contribution in [2.75, 3.05) is 10.6 Å². The van der Waals surface area contributed by atoms with Gasteiger partial charge in [-0.05, 0) is 32.9 Å². The number of hydrogen-bond donors (Lipinski definition) is 2. The van der Waals surface area contributed by atoms with Gasteiger partial charge in [-0.15, -0.1) is 0 Å². The number of carbonyl (C=O) groups excluding carboxylic acids is 1. The standard InChI is InChI=1S/C15H16Cl2N4O/c1-15(2,3)21-12-8-18-11(7-19-12)14(22)20-10-6-4-5-9(16)13(10)17/h4-8H,1-3H3,(H,19,21)(H,20,22). The van der Waals surface area contributed by atoms with Gasteiger partial charge in [-0.1, -0.05) is 29.3 Å². The lowest BCUT2D eigenvalue weighted by atomic mass is 10.1. The van der Waals surface area contributed by atoms with Gasteiger partial charge in [0.1, 0.15) is 11.5 Å². The number of aromatic nitrogens is 2. The van der Waals surface area contributed by atoms with Crippen LogP contribution in [0.5, 0.6) is 0 Å². The van der Waals surface area contributed by atoms with Crippen molar-refractivity contribution in [2.24, 2.45) is 0 Å². The van der Waals surface area contributed by atoms with E-state index in [1.54, 1.807) is 18.2 Å². The smallest absolute Gasteiger partial charge is 0.275 e. The second-order valence-electron chi connectivity index (χ2n) is 5.72. The summed E-state index contributed by atoms with van der Waals surface area (Å²) in [7, 11) is 0. The molecule has 116 valence electrons. The van der Waals surface area contributed by atoms with Gasteiger partial charge in [0, 0.05) is 5.54 Å². The van der Waals surface area contributed by atoms with Crippen LogP contribution < -0.4 is 10.6 Å². The topological polar surface area (TPSA) is 66.9 Å². The van der Waals surface area contributed by atoms with E-state index in [0.29, 0.717) is 16.5 Å². The molecule has 0 bridgehead atoms. The number of anilines is 2. The Labute approximate surface area is 139 Å². The molecular formula is C15H16Cl2N4O. The maximum absolute atomic E-state index is 12.1. The van der Waals surface area contributed by atoms with Crippen LogP contribution in [-0.2, 0) is 0 Å². The maximum Gasteiger partial charge on any atom is 0.275 e. The normalized spacial score (nSPS) is 11.1. The Hall–Kier alpha value is -1.85. The highest BCUT2D eigenvalue weighted by Crippen LogP contribution is 2.29. The van der Waals surface area contributed by atoms with Crippen molar-refractivity contribution in [3.8, 4) is 0 Å². The summed E-state index contributed by atoms with van der Waals surface area (Å²) >= 11 is 11.9. The molecule has 0 saturated carbocycles. The zero-order valence-corrected chi connectivity index (χ0v) is 14.0. The molecule has 0 fully saturated rings. The third kappa shape index (κ3) is 4.32. The van der Waals surface area contributed by atoms with Crippen LogP contribution in [0.15, 0.2) is 30.6 Å². The predicted octanol–water partition coefficient (Wildman–Crippen LogP) is 4.25. The van der Waals surface area contributed by atoms with Gasteiger partial charge in [-0.25, -0.2) is 9.97 Å². The molecule has 0 aliphatic rings. The van der Waals surface area contributed by atoms with Crippen LogP contribution in [0.1, 0.15) is 31.3 Å². The van der Waals surface area contributed by atoms with Gasteiger partial charge < -0.3 is 10.6 Å². The van der Waals surface area contributed by atoms with Gasteiger partial charge in [-0.2, -0.15) is 0 Å². The van der Waals surface area contributed by atoms with Crippen LogP contribution >= 0.6 is 23.2 Å². The number of halogens is 2. The molecule has 2 N–H and O–H groups in total. The highest BCUT2D eigenvalue weighted by Gasteiger charge is 2.14. The second-order valence-corrected chi connectivity index (χ2v) is 6.50. The molecule has 0 aliphatic carbocycles. The fourth-order valence-corrected chi connectivity index (χ4v) is 2.03. The molecular weight excluding hydrogens is 323 g/mol. The van der Waals surface area contributed by atoms with E-state index in [9.17, 15) is 4.79 Å². The summed E-state index contributed by atoms with van der Waals surface area (Å²) < 4.78 is 0. The van der Waals surface area contributed by atoms with Gasteiger partial charge >= 0.3 is 0 Å². The predicted molar refractivity (Wildman–Crippen MR) is 89.8 cm³/mol. The quantitative estimate of drug-likeness (QED) is 0.877. The van der Waals surface area contributed by atoms with Crippen molar-refractivity contribution in [1.82, 2.24) is 9.97 Å². The minimum atomic E-state index is -0.404. The Morgan fingerprint density at radius 1 is 1.14 bits per heavy atom. The largest absolute Gasteiger partial charge is 0.364 e. The number of hydrogen-bond acceptors (Lipinski definition) is 4. The van der Waals surface area contributed by atoms with Crippen LogP contribution in [0.4, 0.5) is 11.5 Å². The molecule has 5 nitrogen and oxygen atoms in total. The molecule has 1 amide bonds. The summed E-state index contributed by atoms with van der Waals surface area (Å²) in [5.41, 5.74) is 0.487. The summed E-state index contributed by atoms with van der Waals surface area (Å²) in [6.45, 7) is 6.03. The van der Waals surface area contributed by atoms with Crippen molar-refractivity contribution >= 4 is 40.6 Å². The van der Waals surface area contributed by atoms with E-state index in [0.717, 1.165) is 0 Å². The zero-order valence-electron chi connectivity index (χ0n) is 12.4. The average molecular weight is 339 g/mol. The van der Waals surface area contributed by atoms with Crippen molar-refractivity contribution in [1.29, 1.82) is 0 Å². The fourth-order valence-electron chi connectivity index (χ4n) is 1.68. The molecule has 1 aromatic carbocycles. The number of rotatable bonds is 3. The molecule has 22 heavy (non-hydrogen) atoms. The van der Waals surface area contributed by atoms with Crippen molar-refractivity contribution in [3.05, 3.63) is 46.3 Å². The van der Waals surface area contributed by atoms with Gasteiger partial charge in [0.15, 0.2) is 0 Å². The van der Waals surface area contributed by atoms with Crippen LogP contribution in [0, 0.1) is 0 Å². The summed E-state index contributed by atoms with van der Waals surface area (Å²) in [6, 6.07) is 5.01. The number of nitrogens with one attached hydrogen (secondary N) is 2. The molecule has 0 saturated heterocycles. The van der Waals surface area contributed by atoms with E-state index >= 15 is 0 Å². The summed E-state index contributed by atoms with van der Waals surface area (Å²) in [5.74, 6) is 0.198. The molecule has 0 unspecified atom stereocenters. The third-order valence-corrected chi connectivity index (χ3v) is 3.41. The zero-order chi connectivity index (χ0) is 16.3. The van der Waals surface area contributed by atoms with E-state index in [2.05, 4.69) is 20.6 Å². The Kier molecular flexibility index (Phi) is 4.88. The van der Waals surface area contributed by atoms with Gasteiger partial charge in [-0.3, -0.25) is 4.79 Å². The Bertz CT molecular complexity index is 681. The van der Waals surface area contributed by atoms with Crippen molar-refractivity contribution in [3.63, 3.8) is 0 Å². The van der Waals surface area contributed by atoms with Crippen LogP contribution in [0.3, 0.4) is 0 Å². The molecule has 0 aliphatic heterocycles. The first-order chi connectivity index (χ1) is 10.3. The van der Waals surface area contributed by atoms with E-state index < -0.39 is 5.91 Å². The lowest BCUT2D eigenvalue weighted by Crippen LogP contribution is -2.27. The molecule has 1 aromatic heterocycles. The number of nitrogens with zero attached hydrogens (tertiary/aromatic N) is 2. The summed E-state index contributed by atoms with van der Waals surface area (Å²) in [6.07, 6.45) is 2.92. The SMILES string of the molecule is CC(C)(C)Nc1cnc(C(=O)Nc2cccc(Cl)c2Cl)cn1. The highest BCUT2D eigenvalue weighted by atomic mass is 35.5. The lowest BCUT2D eigenvalue weighted by molar-refractivity contribution is 0.102. The minimum Gasteiger partial charge on any atom is -0.364 e. The molecule has 2 aromatic rings. The lowest BCUT2D eigenvalue weighted by Gasteiger charge is -2.20. The number of carbonyl (C=O) groups is 1. The van der Waals surface area contributed by atoms with Gasteiger partial charge in [0.05, 0.1) is 28.1 Å². The highest BCUT2D eigenvalue weighted by molar-refractivity contribution is 6.44. The Balaban J connectivity index is 2.12. The first-order valence-corrected chi connectivity index (χ1v) is 7.37. The number of amides is 1.